The van der Waals surface area contributed by atoms with Crippen LogP contribution in [-0.4, -0.2) is 26.8 Å². The summed E-state index contributed by atoms with van der Waals surface area (Å²) in [4.78, 5) is 21.1. The monoisotopic (exact) mass is 515 g/mol. The minimum Gasteiger partial charge on any atom is -0.368 e. The fraction of sp³-hybridized carbons (Fsp3) is 0.391. The van der Waals surface area contributed by atoms with Crippen molar-refractivity contribution in [2.24, 2.45) is 5.73 Å². The number of carbonyl (C=O) groups is 2. The van der Waals surface area contributed by atoms with Crippen molar-refractivity contribution in [1.29, 1.82) is 0 Å². The molecule has 0 radical (unpaired) electrons. The molecule has 2 aromatic carbocycles. The first-order valence-corrected chi connectivity index (χ1v) is 12.8. The van der Waals surface area contributed by atoms with E-state index < -0.39 is 27.6 Å². The van der Waals surface area contributed by atoms with Gasteiger partial charge in [0.25, 0.3) is 5.66 Å². The van der Waals surface area contributed by atoms with Gasteiger partial charge in [0.15, 0.2) is 0 Å². The molecule has 2 amide bonds. The van der Waals surface area contributed by atoms with Crippen LogP contribution in [0.3, 0.4) is 0 Å². The Bertz CT molecular complexity index is 1000. The summed E-state index contributed by atoms with van der Waals surface area (Å²) in [5.74, 6) is -0.571. The molecule has 0 bridgehead atoms. The molecule has 0 heterocycles. The number of alkyl halides is 2. The molecule has 0 aromatic heterocycles. The maximum Gasteiger partial charge on any atom is 0.283 e. The first kappa shape index (κ1) is 29.6. The van der Waals surface area contributed by atoms with Gasteiger partial charge < -0.3 is 11.1 Å². The summed E-state index contributed by atoms with van der Waals surface area (Å²) >= 11 is 0. The minimum atomic E-state index is -3.66. The molecule has 0 spiro atoms. The number of amides is 2. The van der Waals surface area contributed by atoms with Crippen LogP contribution in [-0.2, 0) is 25.3 Å². The van der Waals surface area contributed by atoms with E-state index in [-0.39, 0.29) is 16.5 Å². The largest absolute Gasteiger partial charge is 0.368 e. The highest BCUT2D eigenvalue weighted by atomic mass is 32.2. The molecule has 0 aliphatic carbocycles. The number of hydrogen-bond donors (Lipinski definition) is 3. The first-order valence-electron chi connectivity index (χ1n) is 10.8. The summed E-state index contributed by atoms with van der Waals surface area (Å²) in [6, 6.07) is 12.6. The number of primary amides is 1. The van der Waals surface area contributed by atoms with Crippen LogP contribution in [0, 0.1) is 0 Å². The molecule has 0 fully saturated rings. The summed E-state index contributed by atoms with van der Waals surface area (Å²) in [5, 5.41) is 2.34. The lowest BCUT2D eigenvalue weighted by atomic mass is 10.1. The molecule has 0 saturated carbocycles. The number of unbranched alkanes of at least 4 members (excludes halogenated alkanes) is 2. The SMILES string of the molecule is CCCCC[C@H](C)NS(=O)(=O)c1ccc(C(F)(F)P)cc1.NC(=O)[C@@H](NC=O)c1ccccc1. The summed E-state index contributed by atoms with van der Waals surface area (Å²) in [6.45, 7) is 3.89. The number of carbonyl (C=O) groups excluding carboxylic acids is 2. The van der Waals surface area contributed by atoms with Crippen molar-refractivity contribution in [3.8, 4) is 0 Å². The van der Waals surface area contributed by atoms with Gasteiger partial charge in [-0.05, 0) is 31.0 Å². The Morgan fingerprint density at radius 3 is 2.18 bits per heavy atom. The fourth-order valence-corrected chi connectivity index (χ4v) is 4.48. The average Bonchev–Trinajstić information content (AvgIpc) is 2.77. The van der Waals surface area contributed by atoms with E-state index in [1.165, 1.54) is 21.4 Å². The van der Waals surface area contributed by atoms with Gasteiger partial charge in [-0.3, -0.25) is 9.59 Å². The summed E-state index contributed by atoms with van der Waals surface area (Å²) in [6.07, 6.45) is 4.31. The molecule has 0 aliphatic rings. The average molecular weight is 516 g/mol. The molecule has 0 aliphatic heterocycles. The summed E-state index contributed by atoms with van der Waals surface area (Å²) in [5.41, 5.74) is 2.49. The normalized spacial score (nSPS) is 13.2. The highest BCUT2D eigenvalue weighted by Gasteiger charge is 2.25. The number of rotatable bonds is 12. The van der Waals surface area contributed by atoms with E-state index in [2.05, 4.69) is 17.0 Å². The van der Waals surface area contributed by atoms with Crippen LogP contribution in [0.5, 0.6) is 0 Å². The van der Waals surface area contributed by atoms with Crippen molar-refractivity contribution >= 4 is 31.6 Å². The number of hydrogen-bond acceptors (Lipinski definition) is 4. The standard InChI is InChI=1S/C14H22F2NO2PS.C9H10N2O2/c1-3-4-5-6-11(2)17-21(18,19)13-9-7-12(8-10-13)14(15,16)20;10-9(13)8(11-6-12)7-4-2-1-3-5-7/h7-11,17H,3-6,20H2,1-2H3;1-6,8H,(H2,10,13)(H,11,12)/t11-;8-/m00/s1. The van der Waals surface area contributed by atoms with Crippen molar-refractivity contribution in [1.82, 2.24) is 10.0 Å². The van der Waals surface area contributed by atoms with Crippen molar-refractivity contribution in [2.45, 2.75) is 62.2 Å². The predicted molar refractivity (Wildman–Crippen MR) is 132 cm³/mol. The number of halogens is 2. The summed E-state index contributed by atoms with van der Waals surface area (Å²) in [7, 11) is -2.23. The summed E-state index contributed by atoms with van der Waals surface area (Å²) < 4.78 is 53.0. The number of nitrogens with two attached hydrogens (primary N) is 1. The molecule has 34 heavy (non-hydrogen) atoms. The third-order valence-corrected chi connectivity index (χ3v) is 6.74. The zero-order valence-electron chi connectivity index (χ0n) is 19.2. The van der Waals surface area contributed by atoms with Gasteiger partial charge in [-0.15, -0.1) is 0 Å². The van der Waals surface area contributed by atoms with E-state index in [0.717, 1.165) is 37.8 Å². The molecule has 188 valence electrons. The van der Waals surface area contributed by atoms with Gasteiger partial charge in [0.1, 0.15) is 6.04 Å². The van der Waals surface area contributed by atoms with E-state index in [9.17, 15) is 26.8 Å². The quantitative estimate of drug-likeness (QED) is 0.226. The highest BCUT2D eigenvalue weighted by Crippen LogP contribution is 2.34. The first-order chi connectivity index (χ1) is 15.9. The third kappa shape index (κ3) is 10.2. The van der Waals surface area contributed by atoms with Gasteiger partial charge in [-0.2, -0.15) is 8.78 Å². The van der Waals surface area contributed by atoms with Crippen LogP contribution in [0.15, 0.2) is 59.5 Å². The number of benzene rings is 2. The molecule has 7 nitrogen and oxygen atoms in total. The highest BCUT2D eigenvalue weighted by molar-refractivity contribution is 7.89. The molecule has 2 aromatic rings. The van der Waals surface area contributed by atoms with Crippen LogP contribution in [0.4, 0.5) is 8.78 Å². The van der Waals surface area contributed by atoms with E-state index in [4.69, 9.17) is 5.73 Å². The van der Waals surface area contributed by atoms with Crippen LogP contribution in [0.25, 0.3) is 0 Å². The Labute approximate surface area is 202 Å². The van der Waals surface area contributed by atoms with E-state index in [1.54, 1.807) is 31.2 Å². The van der Waals surface area contributed by atoms with Crippen molar-refractivity contribution in [3.05, 3.63) is 65.7 Å². The van der Waals surface area contributed by atoms with Crippen molar-refractivity contribution < 1.29 is 26.8 Å². The topological polar surface area (TPSA) is 118 Å². The van der Waals surface area contributed by atoms with Gasteiger partial charge in [0.2, 0.25) is 22.3 Å². The Morgan fingerprint density at radius 2 is 1.71 bits per heavy atom. The second kappa shape index (κ2) is 14.1. The predicted octanol–water partition coefficient (Wildman–Crippen LogP) is 3.82. The van der Waals surface area contributed by atoms with Crippen molar-refractivity contribution in [2.75, 3.05) is 0 Å². The maximum absolute atomic E-state index is 13.1. The number of nitrogens with one attached hydrogen (secondary N) is 2. The zero-order chi connectivity index (χ0) is 25.8. The molecular formula is C23H32F2N3O4PS. The van der Waals surface area contributed by atoms with Crippen LogP contribution in [0.2, 0.25) is 0 Å². The Morgan fingerprint density at radius 1 is 1.12 bits per heavy atom. The zero-order valence-corrected chi connectivity index (χ0v) is 21.2. The number of sulfonamides is 1. The smallest absolute Gasteiger partial charge is 0.283 e. The Kier molecular flexibility index (Phi) is 12.3. The molecule has 1 unspecified atom stereocenters. The maximum atomic E-state index is 13.1. The minimum absolute atomic E-state index is 0.00263. The van der Waals surface area contributed by atoms with Crippen LogP contribution >= 0.6 is 9.24 Å². The molecule has 2 rings (SSSR count). The van der Waals surface area contributed by atoms with Crippen molar-refractivity contribution in [3.63, 3.8) is 0 Å². The van der Waals surface area contributed by atoms with Gasteiger partial charge in [-0.1, -0.05) is 77.9 Å². The second-order valence-corrected chi connectivity index (χ2v) is 10.1. The second-order valence-electron chi connectivity index (χ2n) is 7.70. The molecule has 4 N–H and O–H groups in total. The molecule has 11 heteroatoms. The van der Waals surface area contributed by atoms with Gasteiger partial charge >= 0.3 is 0 Å². The lowest BCUT2D eigenvalue weighted by Gasteiger charge is -2.15. The molecule has 3 atom stereocenters. The van der Waals surface area contributed by atoms with Crippen LogP contribution in [0.1, 0.15) is 56.7 Å². The van der Waals surface area contributed by atoms with E-state index in [1.807, 2.05) is 6.07 Å². The Balaban J connectivity index is 0.000000380. The third-order valence-electron chi connectivity index (χ3n) is 4.80. The molecular weight excluding hydrogens is 483 g/mol. The van der Waals surface area contributed by atoms with Gasteiger partial charge in [0.05, 0.1) is 4.90 Å². The fourth-order valence-electron chi connectivity index (χ4n) is 3.00. The Hall–Kier alpha value is -2.42. The lowest BCUT2D eigenvalue weighted by molar-refractivity contribution is -0.122. The van der Waals surface area contributed by atoms with E-state index in [0.29, 0.717) is 12.0 Å². The van der Waals surface area contributed by atoms with Gasteiger partial charge in [0, 0.05) is 11.6 Å². The van der Waals surface area contributed by atoms with Gasteiger partial charge in [-0.25, -0.2) is 13.1 Å². The van der Waals surface area contributed by atoms with E-state index >= 15 is 0 Å². The lowest BCUT2D eigenvalue weighted by Crippen LogP contribution is -2.32. The van der Waals surface area contributed by atoms with Crippen LogP contribution < -0.4 is 15.8 Å². The molecule has 0 saturated heterocycles.